The second-order valence-corrected chi connectivity index (χ2v) is 5.72. The summed E-state index contributed by atoms with van der Waals surface area (Å²) in [4.78, 5) is 16.3. The van der Waals surface area contributed by atoms with Gasteiger partial charge in [0.15, 0.2) is 0 Å². The van der Waals surface area contributed by atoms with Crippen molar-refractivity contribution >= 4 is 34.6 Å². The van der Waals surface area contributed by atoms with Crippen molar-refractivity contribution in [2.75, 3.05) is 11.1 Å². The molecule has 0 atom stereocenters. The van der Waals surface area contributed by atoms with Crippen LogP contribution in [0.1, 0.15) is 27.2 Å². The first-order valence-corrected chi connectivity index (χ1v) is 7.75. The zero-order chi connectivity index (χ0) is 18.7. The van der Waals surface area contributed by atoms with Gasteiger partial charge in [-0.25, -0.2) is 4.98 Å². The number of halogens is 1. The largest absolute Gasteiger partial charge is 0.472 e. The van der Waals surface area contributed by atoms with E-state index in [0.29, 0.717) is 22.5 Å². The molecule has 0 unspecified atom stereocenters. The number of benzene rings is 1. The van der Waals surface area contributed by atoms with Crippen molar-refractivity contribution in [2.24, 2.45) is 0 Å². The van der Waals surface area contributed by atoms with Crippen molar-refractivity contribution in [1.29, 1.82) is 10.7 Å². The van der Waals surface area contributed by atoms with Crippen LogP contribution in [0, 0.1) is 16.7 Å². The number of nitrogens with zero attached hydrogens (tertiary/aromatic N) is 2. The molecule has 0 spiro atoms. The predicted molar refractivity (Wildman–Crippen MR) is 97.4 cm³/mol. The van der Waals surface area contributed by atoms with Crippen LogP contribution in [0.2, 0.25) is 5.02 Å². The molecule has 7 nitrogen and oxygen atoms in total. The average Bonchev–Trinajstić information content (AvgIpc) is 3.17. The maximum absolute atomic E-state index is 12.4. The highest BCUT2D eigenvalue weighted by Gasteiger charge is 2.15. The number of nitriles is 1. The first-order valence-electron chi connectivity index (χ1n) is 7.37. The highest BCUT2D eigenvalue weighted by molar-refractivity contribution is 6.34. The van der Waals surface area contributed by atoms with Crippen molar-refractivity contribution in [1.82, 2.24) is 4.98 Å². The number of hydrogen-bond donors (Lipinski definition) is 3. The van der Waals surface area contributed by atoms with Gasteiger partial charge in [-0.05, 0) is 30.3 Å². The molecule has 0 fully saturated rings. The van der Waals surface area contributed by atoms with Crippen LogP contribution >= 0.6 is 11.6 Å². The molecule has 0 aliphatic rings. The van der Waals surface area contributed by atoms with Crippen molar-refractivity contribution in [2.45, 2.75) is 0 Å². The van der Waals surface area contributed by atoms with Crippen molar-refractivity contribution in [3.8, 4) is 6.07 Å². The number of anilines is 2. The molecule has 1 aromatic carbocycles. The fourth-order valence-corrected chi connectivity index (χ4v) is 2.52. The van der Waals surface area contributed by atoms with E-state index < -0.39 is 5.91 Å². The van der Waals surface area contributed by atoms with E-state index in [2.05, 4.69) is 10.3 Å². The molecular formula is C18H12ClN5O2. The number of furan rings is 1. The number of hydrogen-bond acceptors (Lipinski definition) is 6. The van der Waals surface area contributed by atoms with Gasteiger partial charge < -0.3 is 15.5 Å². The van der Waals surface area contributed by atoms with E-state index in [1.54, 1.807) is 24.3 Å². The normalized spacial score (nSPS) is 10.2. The third-order valence-corrected chi connectivity index (χ3v) is 3.86. The number of carbonyl (C=O) groups excluding carboxylic acids is 1. The molecule has 0 bridgehead atoms. The second-order valence-electron chi connectivity index (χ2n) is 5.31. The molecule has 0 saturated heterocycles. The van der Waals surface area contributed by atoms with Crippen LogP contribution in [0.4, 0.5) is 11.4 Å². The van der Waals surface area contributed by atoms with Crippen LogP contribution < -0.4 is 11.1 Å². The summed E-state index contributed by atoms with van der Waals surface area (Å²) in [7, 11) is 0. The Morgan fingerprint density at radius 2 is 2.15 bits per heavy atom. The van der Waals surface area contributed by atoms with Crippen molar-refractivity contribution < 1.29 is 9.21 Å². The van der Waals surface area contributed by atoms with Gasteiger partial charge in [0.1, 0.15) is 11.8 Å². The zero-order valence-corrected chi connectivity index (χ0v) is 14.0. The van der Waals surface area contributed by atoms with Crippen LogP contribution in [0.25, 0.3) is 0 Å². The Morgan fingerprint density at radius 3 is 2.81 bits per heavy atom. The molecule has 0 saturated carbocycles. The summed E-state index contributed by atoms with van der Waals surface area (Å²) >= 11 is 6.00. The lowest BCUT2D eigenvalue weighted by Crippen LogP contribution is -2.15. The van der Waals surface area contributed by atoms with E-state index in [1.807, 2.05) is 6.07 Å². The van der Waals surface area contributed by atoms with Gasteiger partial charge in [-0.1, -0.05) is 11.6 Å². The summed E-state index contributed by atoms with van der Waals surface area (Å²) < 4.78 is 4.98. The Labute approximate surface area is 153 Å². The topological polar surface area (TPSA) is 129 Å². The first kappa shape index (κ1) is 17.2. The highest BCUT2D eigenvalue weighted by atomic mass is 35.5. The molecule has 128 valence electrons. The Bertz CT molecular complexity index is 1040. The maximum Gasteiger partial charge on any atom is 0.275 e. The van der Waals surface area contributed by atoms with Gasteiger partial charge in [-0.3, -0.25) is 10.2 Å². The van der Waals surface area contributed by atoms with Crippen molar-refractivity contribution in [3.63, 3.8) is 0 Å². The van der Waals surface area contributed by atoms with Gasteiger partial charge in [0, 0.05) is 28.7 Å². The second kappa shape index (κ2) is 7.09. The summed E-state index contributed by atoms with van der Waals surface area (Å²) in [5, 5.41) is 19.8. The molecule has 3 rings (SSSR count). The fraction of sp³-hybridized carbons (Fsp3) is 0. The average molecular weight is 366 g/mol. The molecule has 2 aromatic heterocycles. The van der Waals surface area contributed by atoms with E-state index in [1.165, 1.54) is 24.8 Å². The molecular weight excluding hydrogens is 354 g/mol. The van der Waals surface area contributed by atoms with Gasteiger partial charge in [-0.2, -0.15) is 5.26 Å². The molecule has 0 aliphatic heterocycles. The van der Waals surface area contributed by atoms with Gasteiger partial charge in [0.25, 0.3) is 5.91 Å². The van der Waals surface area contributed by atoms with E-state index >= 15 is 0 Å². The number of rotatable bonds is 4. The molecule has 1 amide bonds. The van der Waals surface area contributed by atoms with Gasteiger partial charge >= 0.3 is 0 Å². The SMILES string of the molecule is N#Cc1cnc(C(=O)Nc2ccc(N)c(C(=N)c3ccoc3)c2)c(Cl)c1. The Hall–Kier alpha value is -3.63. The Kier molecular flexibility index (Phi) is 4.69. The predicted octanol–water partition coefficient (Wildman–Crippen LogP) is 3.45. The van der Waals surface area contributed by atoms with E-state index in [0.717, 1.165) is 0 Å². The number of aromatic nitrogens is 1. The number of nitrogens with one attached hydrogen (secondary N) is 2. The lowest BCUT2D eigenvalue weighted by atomic mass is 10.0. The number of amides is 1. The molecule has 26 heavy (non-hydrogen) atoms. The third kappa shape index (κ3) is 3.41. The number of nitrogens with two attached hydrogens (primary N) is 1. The van der Waals surface area contributed by atoms with Crippen LogP contribution in [-0.4, -0.2) is 16.6 Å². The van der Waals surface area contributed by atoms with Gasteiger partial charge in [0.2, 0.25) is 0 Å². The highest BCUT2D eigenvalue weighted by Crippen LogP contribution is 2.23. The van der Waals surface area contributed by atoms with Crippen molar-refractivity contribution in [3.05, 3.63) is 76.5 Å². The standard InChI is InChI=1S/C18H12ClN5O2/c19-14-5-10(7-20)8-23-17(14)18(25)24-12-1-2-15(21)13(6-12)16(22)11-3-4-26-9-11/h1-6,8-9,22H,21H2,(H,24,25). The van der Waals surface area contributed by atoms with E-state index in [-0.39, 0.29) is 22.0 Å². The van der Waals surface area contributed by atoms with Crippen LogP contribution in [0.15, 0.2) is 53.5 Å². The minimum Gasteiger partial charge on any atom is -0.472 e. The van der Waals surface area contributed by atoms with E-state index in [4.69, 9.17) is 32.4 Å². The summed E-state index contributed by atoms with van der Waals surface area (Å²) in [5.74, 6) is -0.537. The lowest BCUT2D eigenvalue weighted by molar-refractivity contribution is 0.102. The molecule has 2 heterocycles. The monoisotopic (exact) mass is 365 g/mol. The fourth-order valence-electron chi connectivity index (χ4n) is 2.27. The lowest BCUT2D eigenvalue weighted by Gasteiger charge is -2.11. The number of nitrogen functional groups attached to an aromatic ring is 1. The summed E-state index contributed by atoms with van der Waals surface area (Å²) in [6.07, 6.45) is 4.17. The number of carbonyl (C=O) groups is 1. The quantitative estimate of drug-likeness (QED) is 0.481. The number of pyridine rings is 1. The zero-order valence-electron chi connectivity index (χ0n) is 13.3. The summed E-state index contributed by atoms with van der Waals surface area (Å²) in [6, 6.07) is 9.70. The van der Waals surface area contributed by atoms with E-state index in [9.17, 15) is 4.79 Å². The molecule has 0 radical (unpaired) electrons. The summed E-state index contributed by atoms with van der Waals surface area (Å²) in [6.45, 7) is 0. The molecule has 3 aromatic rings. The minimum atomic E-state index is -0.537. The van der Waals surface area contributed by atoms with Gasteiger partial charge in [-0.15, -0.1) is 0 Å². The minimum absolute atomic E-state index is 0.00560. The summed E-state index contributed by atoms with van der Waals surface area (Å²) in [5.41, 5.74) is 8.20. The Morgan fingerprint density at radius 1 is 1.35 bits per heavy atom. The van der Waals surface area contributed by atoms with Crippen LogP contribution in [0.5, 0.6) is 0 Å². The Balaban J connectivity index is 1.87. The van der Waals surface area contributed by atoms with Gasteiger partial charge in [0.05, 0.1) is 28.8 Å². The van der Waals surface area contributed by atoms with Crippen LogP contribution in [-0.2, 0) is 0 Å². The smallest absolute Gasteiger partial charge is 0.275 e. The molecule has 0 aliphatic carbocycles. The van der Waals surface area contributed by atoms with Crippen LogP contribution in [0.3, 0.4) is 0 Å². The molecule has 4 N–H and O–H groups in total. The maximum atomic E-state index is 12.4. The molecule has 8 heteroatoms. The third-order valence-electron chi connectivity index (χ3n) is 3.58. The first-order chi connectivity index (χ1) is 12.5.